The zero-order chi connectivity index (χ0) is 13.5. The van der Waals surface area contributed by atoms with Crippen LogP contribution in [0.3, 0.4) is 0 Å². The van der Waals surface area contributed by atoms with Crippen molar-refractivity contribution in [3.63, 3.8) is 0 Å². The van der Waals surface area contributed by atoms with E-state index < -0.39 is 10.8 Å². The number of hydrogen-bond donors (Lipinski definition) is 2. The van der Waals surface area contributed by atoms with E-state index in [1.165, 1.54) is 0 Å². The molecule has 1 aromatic rings. The highest BCUT2D eigenvalue weighted by molar-refractivity contribution is 7.84. The van der Waals surface area contributed by atoms with E-state index in [4.69, 9.17) is 0 Å². The predicted molar refractivity (Wildman–Crippen MR) is 74.1 cm³/mol. The van der Waals surface area contributed by atoms with Crippen molar-refractivity contribution in [3.8, 4) is 0 Å². The Balaban J connectivity index is 2.32. The average molecular weight is 269 g/mol. The van der Waals surface area contributed by atoms with Gasteiger partial charge in [-0.15, -0.1) is 0 Å². The van der Waals surface area contributed by atoms with Crippen molar-refractivity contribution in [2.75, 3.05) is 18.1 Å². The van der Waals surface area contributed by atoms with Crippen molar-refractivity contribution in [1.82, 2.24) is 10.3 Å². The third kappa shape index (κ3) is 5.27. The van der Waals surface area contributed by atoms with Crippen molar-refractivity contribution in [2.24, 2.45) is 0 Å². The number of pyridine rings is 1. The van der Waals surface area contributed by atoms with Gasteiger partial charge in [0.1, 0.15) is 5.82 Å². The standard InChI is InChI=1S/C12H19N3O2S/c1-9-5-4-6-11(14-9)15-12(16)13-8-7-10(2)18(3)17/h4-6,10H,7-8H2,1-3H3,(H2,13,14,15,16). The Bertz CT molecular complexity index is 437. The van der Waals surface area contributed by atoms with E-state index in [9.17, 15) is 9.00 Å². The zero-order valence-electron chi connectivity index (χ0n) is 10.9. The van der Waals surface area contributed by atoms with Crippen LogP contribution in [0, 0.1) is 6.92 Å². The largest absolute Gasteiger partial charge is 0.338 e. The molecule has 2 N–H and O–H groups in total. The summed E-state index contributed by atoms with van der Waals surface area (Å²) in [5.74, 6) is 0.527. The van der Waals surface area contributed by atoms with E-state index in [-0.39, 0.29) is 11.3 Å². The molecule has 0 aliphatic rings. The van der Waals surface area contributed by atoms with E-state index in [2.05, 4.69) is 15.6 Å². The van der Waals surface area contributed by atoms with Gasteiger partial charge in [-0.05, 0) is 25.5 Å². The summed E-state index contributed by atoms with van der Waals surface area (Å²) in [4.78, 5) is 15.7. The molecule has 5 nitrogen and oxygen atoms in total. The lowest BCUT2D eigenvalue weighted by Gasteiger charge is -2.10. The van der Waals surface area contributed by atoms with Gasteiger partial charge < -0.3 is 5.32 Å². The molecule has 0 saturated carbocycles. The van der Waals surface area contributed by atoms with Crippen molar-refractivity contribution in [1.29, 1.82) is 0 Å². The summed E-state index contributed by atoms with van der Waals surface area (Å²) in [6, 6.07) is 5.14. The molecule has 0 aromatic carbocycles. The molecular weight excluding hydrogens is 250 g/mol. The Morgan fingerprint density at radius 3 is 2.83 bits per heavy atom. The lowest BCUT2D eigenvalue weighted by Crippen LogP contribution is -2.31. The Morgan fingerprint density at radius 2 is 2.22 bits per heavy atom. The Kier molecular flexibility index (Phi) is 5.77. The Labute approximate surface area is 110 Å². The number of rotatable bonds is 5. The first-order valence-corrected chi connectivity index (χ1v) is 7.42. The van der Waals surface area contributed by atoms with Crippen LogP contribution in [-0.4, -0.2) is 33.3 Å². The number of aryl methyl sites for hydroxylation is 1. The molecule has 0 fully saturated rings. The minimum absolute atomic E-state index is 0.0856. The van der Waals surface area contributed by atoms with Gasteiger partial charge in [-0.25, -0.2) is 9.78 Å². The van der Waals surface area contributed by atoms with Crippen LogP contribution in [-0.2, 0) is 10.8 Å². The van der Waals surface area contributed by atoms with Gasteiger partial charge in [-0.3, -0.25) is 9.53 Å². The first kappa shape index (κ1) is 14.6. The quantitative estimate of drug-likeness (QED) is 0.854. The second-order valence-corrected chi connectivity index (χ2v) is 5.94. The first-order valence-electron chi connectivity index (χ1n) is 5.80. The fourth-order valence-electron chi connectivity index (χ4n) is 1.33. The number of urea groups is 1. The van der Waals surface area contributed by atoms with Crippen LogP contribution in [0.25, 0.3) is 0 Å². The van der Waals surface area contributed by atoms with Gasteiger partial charge in [-0.1, -0.05) is 13.0 Å². The highest BCUT2D eigenvalue weighted by Gasteiger charge is 2.07. The second kappa shape index (κ2) is 7.10. The highest BCUT2D eigenvalue weighted by atomic mass is 32.2. The minimum Gasteiger partial charge on any atom is -0.338 e. The third-order valence-electron chi connectivity index (χ3n) is 2.53. The van der Waals surface area contributed by atoms with Crippen LogP contribution in [0.4, 0.5) is 10.6 Å². The molecule has 1 heterocycles. The number of amides is 2. The highest BCUT2D eigenvalue weighted by Crippen LogP contribution is 2.03. The van der Waals surface area contributed by atoms with E-state index >= 15 is 0 Å². The topological polar surface area (TPSA) is 71.1 Å². The lowest BCUT2D eigenvalue weighted by atomic mass is 10.3. The van der Waals surface area contributed by atoms with Crippen LogP contribution < -0.4 is 10.6 Å². The maximum Gasteiger partial charge on any atom is 0.320 e. The van der Waals surface area contributed by atoms with Crippen molar-refractivity contribution >= 4 is 22.6 Å². The average Bonchev–Trinajstić information content (AvgIpc) is 2.28. The monoisotopic (exact) mass is 269 g/mol. The number of carbonyl (C=O) groups excluding carboxylic acids is 1. The molecule has 2 unspecified atom stereocenters. The first-order chi connectivity index (χ1) is 8.49. The maximum atomic E-state index is 11.5. The van der Waals surface area contributed by atoms with Crippen LogP contribution in [0.2, 0.25) is 0 Å². The molecule has 2 atom stereocenters. The molecule has 2 amide bonds. The molecule has 1 aromatic heterocycles. The van der Waals surface area contributed by atoms with E-state index in [1.807, 2.05) is 26.0 Å². The number of hydrogen-bond acceptors (Lipinski definition) is 3. The van der Waals surface area contributed by atoms with E-state index in [1.54, 1.807) is 12.3 Å². The Morgan fingerprint density at radius 1 is 1.50 bits per heavy atom. The predicted octanol–water partition coefficient (Wildman–Crippen LogP) is 1.67. The number of nitrogens with one attached hydrogen (secondary N) is 2. The summed E-state index contributed by atoms with van der Waals surface area (Å²) in [5, 5.41) is 5.45. The molecule has 0 spiro atoms. The smallest absolute Gasteiger partial charge is 0.320 e. The van der Waals surface area contributed by atoms with E-state index in [0.717, 1.165) is 5.69 Å². The Hall–Kier alpha value is -1.43. The zero-order valence-corrected chi connectivity index (χ0v) is 11.7. The summed E-state index contributed by atoms with van der Waals surface area (Å²) in [6.45, 7) is 4.26. The summed E-state index contributed by atoms with van der Waals surface area (Å²) in [6.07, 6.45) is 2.36. The summed E-state index contributed by atoms with van der Waals surface area (Å²) >= 11 is 0. The summed E-state index contributed by atoms with van der Waals surface area (Å²) < 4.78 is 11.1. The second-order valence-electron chi connectivity index (χ2n) is 4.14. The van der Waals surface area contributed by atoms with Gasteiger partial charge in [0.25, 0.3) is 0 Å². The number of nitrogens with zero attached hydrogens (tertiary/aromatic N) is 1. The molecule has 0 bridgehead atoms. The van der Waals surface area contributed by atoms with Gasteiger partial charge in [0.05, 0.1) is 0 Å². The molecular formula is C12H19N3O2S. The molecule has 0 aliphatic carbocycles. The molecule has 1 rings (SSSR count). The summed E-state index contributed by atoms with van der Waals surface area (Å²) in [5.41, 5.74) is 0.850. The van der Waals surface area contributed by atoms with Crippen molar-refractivity contribution in [3.05, 3.63) is 23.9 Å². The molecule has 100 valence electrons. The molecule has 0 aliphatic heterocycles. The molecule has 6 heteroatoms. The van der Waals surface area contributed by atoms with Gasteiger partial charge in [0.2, 0.25) is 0 Å². The molecule has 0 saturated heterocycles. The fraction of sp³-hybridized carbons (Fsp3) is 0.500. The van der Waals surface area contributed by atoms with Gasteiger partial charge in [-0.2, -0.15) is 0 Å². The molecule has 0 radical (unpaired) electrons. The fourth-order valence-corrected chi connectivity index (χ4v) is 1.78. The van der Waals surface area contributed by atoms with Gasteiger partial charge in [0, 0.05) is 34.5 Å². The van der Waals surface area contributed by atoms with Crippen molar-refractivity contribution < 1.29 is 9.00 Å². The van der Waals surface area contributed by atoms with Gasteiger partial charge >= 0.3 is 6.03 Å². The van der Waals surface area contributed by atoms with Crippen LogP contribution >= 0.6 is 0 Å². The number of aromatic nitrogens is 1. The number of carbonyl (C=O) groups is 1. The van der Waals surface area contributed by atoms with Crippen molar-refractivity contribution in [2.45, 2.75) is 25.5 Å². The van der Waals surface area contributed by atoms with Crippen LogP contribution in [0.5, 0.6) is 0 Å². The minimum atomic E-state index is -0.850. The van der Waals surface area contributed by atoms with E-state index in [0.29, 0.717) is 18.8 Å². The maximum absolute atomic E-state index is 11.5. The third-order valence-corrected chi connectivity index (χ3v) is 3.90. The van der Waals surface area contributed by atoms with Crippen LogP contribution in [0.1, 0.15) is 19.0 Å². The normalized spacial score (nSPS) is 13.7. The number of anilines is 1. The lowest BCUT2D eigenvalue weighted by molar-refractivity contribution is 0.252. The SMILES string of the molecule is Cc1cccc(NC(=O)NCCC(C)S(C)=O)n1. The summed E-state index contributed by atoms with van der Waals surface area (Å²) in [7, 11) is -0.850. The van der Waals surface area contributed by atoms with Gasteiger partial charge in [0.15, 0.2) is 0 Å². The van der Waals surface area contributed by atoms with Crippen LogP contribution in [0.15, 0.2) is 18.2 Å². The molecule has 18 heavy (non-hydrogen) atoms.